The number of piperidine rings is 1. The molecule has 0 atom stereocenters. The summed E-state index contributed by atoms with van der Waals surface area (Å²) in [6, 6.07) is 8.21. The first kappa shape index (κ1) is 24.5. The molecule has 1 aromatic rings. The molecule has 1 heterocycles. The zero-order chi connectivity index (χ0) is 22.6. The second-order valence-electron chi connectivity index (χ2n) is 8.13. The zero-order valence-electron chi connectivity index (χ0n) is 17.9. The lowest BCUT2D eigenvalue weighted by Crippen LogP contribution is -2.51. The Morgan fingerprint density at radius 2 is 1.73 bits per heavy atom. The molecule has 0 aliphatic carbocycles. The smallest absolute Gasteiger partial charge is 0.354 e. The fourth-order valence-electron chi connectivity index (χ4n) is 3.24. The van der Waals surface area contributed by atoms with E-state index in [1.165, 1.54) is 5.56 Å². The molecule has 0 amide bonds. The van der Waals surface area contributed by atoms with Crippen molar-refractivity contribution in [3.8, 4) is 0 Å². The molecule has 0 spiro atoms. The lowest BCUT2D eigenvalue weighted by Gasteiger charge is -2.32. The highest BCUT2D eigenvalue weighted by Gasteiger charge is 2.50. The Labute approximate surface area is 177 Å². The van der Waals surface area contributed by atoms with Crippen molar-refractivity contribution in [2.45, 2.75) is 63.5 Å². The first-order chi connectivity index (χ1) is 13.9. The van der Waals surface area contributed by atoms with Crippen LogP contribution in [0.15, 0.2) is 29.3 Å². The van der Waals surface area contributed by atoms with E-state index in [1.54, 1.807) is 7.05 Å². The van der Waals surface area contributed by atoms with Crippen molar-refractivity contribution in [1.82, 2.24) is 14.9 Å². The lowest BCUT2D eigenvalue weighted by molar-refractivity contribution is -0.0494. The molecule has 1 aromatic carbocycles. The Balaban J connectivity index is 1.86. The molecule has 6 nitrogen and oxygen atoms in total. The van der Waals surface area contributed by atoms with E-state index in [1.807, 2.05) is 0 Å². The predicted molar refractivity (Wildman–Crippen MR) is 113 cm³/mol. The standard InChI is InChI=1S/C20H31F3N4O2S/c1-5-19(2,3)16-8-6-15(7-9-16)14-25-18(24-4)26-17-10-12-27(13-11-17)30(28,29)20(21,22)23/h6-9,17H,5,10-14H2,1-4H3,(H2,24,25,26). The minimum atomic E-state index is -5.26. The van der Waals surface area contributed by atoms with Crippen LogP contribution in [0.2, 0.25) is 0 Å². The number of benzene rings is 1. The van der Waals surface area contributed by atoms with Crippen LogP contribution in [-0.4, -0.2) is 50.4 Å². The van der Waals surface area contributed by atoms with Crippen molar-refractivity contribution in [3.63, 3.8) is 0 Å². The average Bonchev–Trinajstić information content (AvgIpc) is 2.71. The molecule has 0 saturated carbocycles. The van der Waals surface area contributed by atoms with E-state index in [4.69, 9.17) is 0 Å². The van der Waals surface area contributed by atoms with Gasteiger partial charge in [-0.1, -0.05) is 45.0 Å². The van der Waals surface area contributed by atoms with Crippen LogP contribution >= 0.6 is 0 Å². The van der Waals surface area contributed by atoms with E-state index in [0.29, 0.717) is 16.8 Å². The Kier molecular flexibility index (Phi) is 7.79. The fourth-order valence-corrected chi connectivity index (χ4v) is 4.22. The van der Waals surface area contributed by atoms with E-state index in [2.05, 4.69) is 60.7 Å². The summed E-state index contributed by atoms with van der Waals surface area (Å²) in [5, 5.41) is 6.37. The minimum Gasteiger partial charge on any atom is -0.354 e. The molecular weight excluding hydrogens is 417 g/mol. The third-order valence-corrected chi connectivity index (χ3v) is 7.36. The Bertz CT molecular complexity index is 829. The molecule has 0 bridgehead atoms. The van der Waals surface area contributed by atoms with Gasteiger partial charge in [-0.05, 0) is 35.8 Å². The van der Waals surface area contributed by atoms with E-state index in [-0.39, 0.29) is 37.4 Å². The second-order valence-corrected chi connectivity index (χ2v) is 10.1. The molecule has 10 heteroatoms. The van der Waals surface area contributed by atoms with Gasteiger partial charge in [0.25, 0.3) is 0 Å². The Morgan fingerprint density at radius 1 is 1.17 bits per heavy atom. The molecule has 1 fully saturated rings. The molecular formula is C20H31F3N4O2S. The Hall–Kier alpha value is -1.81. The van der Waals surface area contributed by atoms with Gasteiger partial charge in [-0.3, -0.25) is 4.99 Å². The molecule has 0 unspecified atom stereocenters. The van der Waals surface area contributed by atoms with Crippen molar-refractivity contribution in [2.75, 3.05) is 20.1 Å². The molecule has 2 N–H and O–H groups in total. The van der Waals surface area contributed by atoms with Crippen LogP contribution < -0.4 is 10.6 Å². The monoisotopic (exact) mass is 448 g/mol. The maximum absolute atomic E-state index is 12.7. The van der Waals surface area contributed by atoms with Crippen LogP contribution in [0.4, 0.5) is 13.2 Å². The van der Waals surface area contributed by atoms with Crippen LogP contribution in [0.25, 0.3) is 0 Å². The molecule has 170 valence electrons. The molecule has 1 aliphatic heterocycles. The quantitative estimate of drug-likeness (QED) is 0.517. The zero-order valence-corrected chi connectivity index (χ0v) is 18.7. The number of nitrogens with one attached hydrogen (secondary N) is 2. The number of guanidine groups is 1. The van der Waals surface area contributed by atoms with Crippen molar-refractivity contribution in [3.05, 3.63) is 35.4 Å². The van der Waals surface area contributed by atoms with Gasteiger partial charge in [0.2, 0.25) is 0 Å². The van der Waals surface area contributed by atoms with Gasteiger partial charge in [-0.25, -0.2) is 8.42 Å². The van der Waals surface area contributed by atoms with E-state index < -0.39 is 15.5 Å². The normalized spacial score (nSPS) is 17.8. The Morgan fingerprint density at radius 3 is 2.20 bits per heavy atom. The van der Waals surface area contributed by atoms with Crippen LogP contribution in [-0.2, 0) is 22.0 Å². The molecule has 1 aliphatic rings. The summed E-state index contributed by atoms with van der Waals surface area (Å²) in [7, 11) is -3.64. The number of nitrogens with zero attached hydrogens (tertiary/aromatic N) is 2. The summed E-state index contributed by atoms with van der Waals surface area (Å²) in [6.45, 7) is 6.77. The van der Waals surface area contributed by atoms with Crippen LogP contribution in [0.5, 0.6) is 0 Å². The maximum Gasteiger partial charge on any atom is 0.511 e. The van der Waals surface area contributed by atoms with Crippen molar-refractivity contribution >= 4 is 16.0 Å². The molecule has 0 aromatic heterocycles. The third-order valence-electron chi connectivity index (χ3n) is 5.73. The second kappa shape index (κ2) is 9.55. The number of sulfonamides is 1. The molecule has 2 rings (SSSR count). The van der Waals surface area contributed by atoms with Crippen LogP contribution in [0, 0.1) is 0 Å². The van der Waals surface area contributed by atoms with Crippen LogP contribution in [0.3, 0.4) is 0 Å². The minimum absolute atomic E-state index is 0.123. The maximum atomic E-state index is 12.7. The summed E-state index contributed by atoms with van der Waals surface area (Å²) in [4.78, 5) is 4.16. The van der Waals surface area contributed by atoms with Gasteiger partial charge in [-0.15, -0.1) is 0 Å². The van der Waals surface area contributed by atoms with E-state index in [9.17, 15) is 21.6 Å². The number of rotatable bonds is 6. The number of halogens is 3. The average molecular weight is 449 g/mol. The summed E-state index contributed by atoms with van der Waals surface area (Å²) < 4.78 is 61.5. The van der Waals surface area contributed by atoms with Crippen molar-refractivity contribution < 1.29 is 21.6 Å². The van der Waals surface area contributed by atoms with Gasteiger partial charge in [0.05, 0.1) is 0 Å². The van der Waals surface area contributed by atoms with E-state index >= 15 is 0 Å². The number of alkyl halides is 3. The number of hydrogen-bond acceptors (Lipinski definition) is 3. The third kappa shape index (κ3) is 5.87. The highest BCUT2D eigenvalue weighted by atomic mass is 32.2. The topological polar surface area (TPSA) is 73.8 Å². The van der Waals surface area contributed by atoms with Crippen molar-refractivity contribution in [2.24, 2.45) is 4.99 Å². The number of aliphatic imine (C=N–C) groups is 1. The van der Waals surface area contributed by atoms with Gasteiger partial charge < -0.3 is 10.6 Å². The summed E-state index contributed by atoms with van der Waals surface area (Å²) in [6.07, 6.45) is 1.60. The summed E-state index contributed by atoms with van der Waals surface area (Å²) in [5.74, 6) is 0.532. The highest BCUT2D eigenvalue weighted by molar-refractivity contribution is 7.90. The van der Waals surface area contributed by atoms with Crippen LogP contribution in [0.1, 0.15) is 51.2 Å². The fraction of sp³-hybridized carbons (Fsp3) is 0.650. The van der Waals surface area contributed by atoms with Gasteiger partial charge in [0.1, 0.15) is 0 Å². The first-order valence-corrected chi connectivity index (χ1v) is 11.5. The predicted octanol–water partition coefficient (Wildman–Crippen LogP) is 3.35. The van der Waals surface area contributed by atoms with E-state index in [0.717, 1.165) is 12.0 Å². The highest BCUT2D eigenvalue weighted by Crippen LogP contribution is 2.29. The van der Waals surface area contributed by atoms with Crippen molar-refractivity contribution in [1.29, 1.82) is 0 Å². The van der Waals surface area contributed by atoms with Gasteiger partial charge in [0.15, 0.2) is 5.96 Å². The molecule has 0 radical (unpaired) electrons. The lowest BCUT2D eigenvalue weighted by atomic mass is 9.82. The van der Waals surface area contributed by atoms with Gasteiger partial charge >= 0.3 is 15.5 Å². The summed E-state index contributed by atoms with van der Waals surface area (Å²) >= 11 is 0. The first-order valence-electron chi connectivity index (χ1n) is 10.0. The summed E-state index contributed by atoms with van der Waals surface area (Å²) in [5.41, 5.74) is -2.78. The SMILES string of the molecule is CCC(C)(C)c1ccc(CNC(=NC)NC2CCN(S(=O)(=O)C(F)(F)F)CC2)cc1. The molecule has 1 saturated heterocycles. The van der Waals surface area contributed by atoms with Gasteiger partial charge in [-0.2, -0.15) is 17.5 Å². The number of hydrogen-bond donors (Lipinski definition) is 2. The largest absolute Gasteiger partial charge is 0.511 e. The molecule has 30 heavy (non-hydrogen) atoms. The van der Waals surface area contributed by atoms with Gasteiger partial charge in [0, 0.05) is 32.7 Å².